The summed E-state index contributed by atoms with van der Waals surface area (Å²) < 4.78 is 4.59. The maximum atomic E-state index is 11.8. The van der Waals surface area contributed by atoms with E-state index >= 15 is 0 Å². The van der Waals surface area contributed by atoms with Crippen LogP contribution in [-0.4, -0.2) is 31.6 Å². The van der Waals surface area contributed by atoms with Crippen LogP contribution in [0.3, 0.4) is 0 Å². The molecule has 2 atom stereocenters. The lowest BCUT2D eigenvalue weighted by Crippen LogP contribution is -2.42. The Morgan fingerprint density at radius 2 is 2.41 bits per heavy atom. The summed E-state index contributed by atoms with van der Waals surface area (Å²) in [5.74, 6) is -0.250. The zero-order chi connectivity index (χ0) is 12.3. The number of hydrogen-bond acceptors (Lipinski definition) is 4. The molecule has 1 aliphatic carbocycles. The van der Waals surface area contributed by atoms with E-state index in [0.29, 0.717) is 6.54 Å². The van der Waals surface area contributed by atoms with Crippen LogP contribution in [0.15, 0.2) is 23.9 Å². The van der Waals surface area contributed by atoms with Crippen LogP contribution in [0, 0.1) is 5.92 Å². The average Bonchev–Trinajstić information content (AvgIpc) is 2.50. The van der Waals surface area contributed by atoms with Crippen LogP contribution in [0.1, 0.15) is 12.8 Å². The number of rotatable bonds is 2. The molecule has 2 rings (SSSR count). The lowest BCUT2D eigenvalue weighted by atomic mass is 9.97. The molecule has 5 heteroatoms. The first-order chi connectivity index (χ1) is 8.20. The summed E-state index contributed by atoms with van der Waals surface area (Å²) in [6.45, 7) is 0.611. The summed E-state index contributed by atoms with van der Waals surface area (Å²) in [6, 6.07) is -0.537. The molecule has 2 unspecified atom stereocenters. The number of amides is 1. The summed E-state index contributed by atoms with van der Waals surface area (Å²) in [7, 11) is 1.32. The van der Waals surface area contributed by atoms with Crippen molar-refractivity contribution in [3.8, 4) is 0 Å². The predicted molar refractivity (Wildman–Crippen MR) is 61.9 cm³/mol. The number of esters is 1. The fourth-order valence-corrected chi connectivity index (χ4v) is 2.04. The summed E-state index contributed by atoms with van der Waals surface area (Å²) in [5, 5.41) is 5.97. The topological polar surface area (TPSA) is 67.4 Å². The van der Waals surface area contributed by atoms with Gasteiger partial charge in [-0.2, -0.15) is 0 Å². The summed E-state index contributed by atoms with van der Waals surface area (Å²) >= 11 is 0. The summed E-state index contributed by atoms with van der Waals surface area (Å²) in [4.78, 5) is 23.0. The number of carbonyl (C=O) groups excluding carboxylic acids is 2. The number of hydrogen-bond donors (Lipinski definition) is 2. The van der Waals surface area contributed by atoms with Crippen LogP contribution >= 0.6 is 0 Å². The Hall–Kier alpha value is -1.78. The van der Waals surface area contributed by atoms with Crippen molar-refractivity contribution in [3.05, 3.63) is 23.9 Å². The normalized spacial score (nSPS) is 27.1. The molecule has 1 amide bonds. The van der Waals surface area contributed by atoms with E-state index in [1.165, 1.54) is 7.11 Å². The van der Waals surface area contributed by atoms with E-state index in [-0.39, 0.29) is 24.2 Å². The van der Waals surface area contributed by atoms with Crippen LogP contribution in [-0.2, 0) is 14.3 Å². The van der Waals surface area contributed by atoms with Crippen molar-refractivity contribution in [1.29, 1.82) is 0 Å². The van der Waals surface area contributed by atoms with Crippen molar-refractivity contribution in [2.24, 2.45) is 5.92 Å². The lowest BCUT2D eigenvalue weighted by Gasteiger charge is -2.21. The van der Waals surface area contributed by atoms with Gasteiger partial charge in [0.2, 0.25) is 5.91 Å². The molecule has 1 fully saturated rings. The molecule has 0 aromatic rings. The smallest absolute Gasteiger partial charge is 0.308 e. The molecule has 0 saturated carbocycles. The predicted octanol–water partition coefficient (Wildman–Crippen LogP) is 0.0975. The van der Waals surface area contributed by atoms with E-state index in [2.05, 4.69) is 21.4 Å². The number of fused-ring (bicyclic) bond motifs is 1. The van der Waals surface area contributed by atoms with Gasteiger partial charge in [-0.1, -0.05) is 12.2 Å². The van der Waals surface area contributed by atoms with Crippen molar-refractivity contribution in [2.75, 3.05) is 13.7 Å². The van der Waals surface area contributed by atoms with Crippen molar-refractivity contribution >= 4 is 11.9 Å². The van der Waals surface area contributed by atoms with Gasteiger partial charge in [0.05, 0.1) is 13.5 Å². The van der Waals surface area contributed by atoms with E-state index in [1.807, 2.05) is 12.2 Å². The number of ether oxygens (including phenoxy) is 1. The van der Waals surface area contributed by atoms with E-state index in [9.17, 15) is 9.59 Å². The van der Waals surface area contributed by atoms with Crippen LogP contribution in [0.5, 0.6) is 0 Å². The quantitative estimate of drug-likeness (QED) is 0.667. The second-order valence-electron chi connectivity index (χ2n) is 4.21. The molecule has 92 valence electrons. The molecule has 0 spiro atoms. The zero-order valence-corrected chi connectivity index (χ0v) is 9.73. The van der Waals surface area contributed by atoms with Gasteiger partial charge in [0.25, 0.3) is 0 Å². The lowest BCUT2D eigenvalue weighted by molar-refractivity contribution is -0.142. The molecule has 1 heterocycles. The Labute approximate surface area is 99.9 Å². The number of nitrogens with one attached hydrogen (secondary N) is 2. The van der Waals surface area contributed by atoms with Gasteiger partial charge in [0, 0.05) is 18.2 Å². The van der Waals surface area contributed by atoms with Crippen molar-refractivity contribution < 1.29 is 14.3 Å². The number of methoxy groups -OCH3 is 1. The van der Waals surface area contributed by atoms with Crippen molar-refractivity contribution in [3.63, 3.8) is 0 Å². The van der Waals surface area contributed by atoms with Crippen molar-refractivity contribution in [2.45, 2.75) is 18.9 Å². The van der Waals surface area contributed by atoms with E-state index < -0.39 is 6.04 Å². The highest BCUT2D eigenvalue weighted by molar-refractivity contribution is 5.87. The fourth-order valence-electron chi connectivity index (χ4n) is 2.04. The summed E-state index contributed by atoms with van der Waals surface area (Å²) in [6.07, 6.45) is 6.95. The van der Waals surface area contributed by atoms with Crippen LogP contribution in [0.25, 0.3) is 0 Å². The molecule has 5 nitrogen and oxygen atoms in total. The Kier molecular flexibility index (Phi) is 3.46. The third-order valence-electron chi connectivity index (χ3n) is 3.05. The molecule has 0 aromatic carbocycles. The standard InChI is InChI=1S/C12H16N2O3/c1-17-11(15)6-10-12(16)13-7-8-4-2-3-5-9(8)14-10/h2-3,5,8,10,14H,4,6-7H2,1H3,(H,13,16). The molecule has 2 N–H and O–H groups in total. The van der Waals surface area contributed by atoms with Gasteiger partial charge in [0.1, 0.15) is 6.04 Å². The van der Waals surface area contributed by atoms with Crippen LogP contribution < -0.4 is 10.6 Å². The number of carbonyl (C=O) groups is 2. The molecule has 0 aromatic heterocycles. The van der Waals surface area contributed by atoms with Crippen LogP contribution in [0.2, 0.25) is 0 Å². The first-order valence-corrected chi connectivity index (χ1v) is 5.68. The second kappa shape index (κ2) is 5.03. The zero-order valence-electron chi connectivity index (χ0n) is 9.73. The average molecular weight is 236 g/mol. The highest BCUT2D eigenvalue weighted by Gasteiger charge is 2.29. The maximum absolute atomic E-state index is 11.8. The molecular formula is C12H16N2O3. The Morgan fingerprint density at radius 1 is 1.59 bits per heavy atom. The van der Waals surface area contributed by atoms with Gasteiger partial charge in [-0.3, -0.25) is 9.59 Å². The highest BCUT2D eigenvalue weighted by Crippen LogP contribution is 2.20. The first kappa shape index (κ1) is 11.7. The first-order valence-electron chi connectivity index (χ1n) is 5.68. The molecular weight excluding hydrogens is 220 g/mol. The van der Waals surface area contributed by atoms with Gasteiger partial charge < -0.3 is 15.4 Å². The minimum Gasteiger partial charge on any atom is -0.469 e. The van der Waals surface area contributed by atoms with Crippen molar-refractivity contribution in [1.82, 2.24) is 10.6 Å². The Morgan fingerprint density at radius 3 is 3.18 bits per heavy atom. The Bertz CT molecular complexity index is 387. The van der Waals surface area contributed by atoms with Crippen LogP contribution in [0.4, 0.5) is 0 Å². The molecule has 2 aliphatic rings. The SMILES string of the molecule is COC(=O)CC1NC2=CC=CCC2CNC1=O. The minimum atomic E-state index is -0.537. The third-order valence-corrected chi connectivity index (χ3v) is 3.05. The van der Waals surface area contributed by atoms with E-state index in [1.54, 1.807) is 0 Å². The molecule has 1 aliphatic heterocycles. The van der Waals surface area contributed by atoms with Gasteiger partial charge in [-0.15, -0.1) is 0 Å². The second-order valence-corrected chi connectivity index (χ2v) is 4.21. The third kappa shape index (κ3) is 2.67. The fraction of sp³-hybridized carbons (Fsp3) is 0.500. The summed E-state index contributed by atoms with van der Waals surface area (Å²) in [5.41, 5.74) is 1.01. The maximum Gasteiger partial charge on any atom is 0.308 e. The monoisotopic (exact) mass is 236 g/mol. The molecule has 0 bridgehead atoms. The minimum absolute atomic E-state index is 0.0517. The highest BCUT2D eigenvalue weighted by atomic mass is 16.5. The van der Waals surface area contributed by atoms with Gasteiger partial charge in [0.15, 0.2) is 0 Å². The van der Waals surface area contributed by atoms with Gasteiger partial charge in [-0.25, -0.2) is 0 Å². The van der Waals surface area contributed by atoms with E-state index in [4.69, 9.17) is 0 Å². The van der Waals surface area contributed by atoms with Gasteiger partial charge in [-0.05, 0) is 12.5 Å². The molecule has 0 radical (unpaired) electrons. The van der Waals surface area contributed by atoms with E-state index in [0.717, 1.165) is 12.1 Å². The Balaban J connectivity index is 2.10. The van der Waals surface area contributed by atoms with Gasteiger partial charge >= 0.3 is 5.97 Å². The number of allylic oxidation sites excluding steroid dienone is 3. The molecule has 17 heavy (non-hydrogen) atoms. The largest absolute Gasteiger partial charge is 0.469 e. The molecule has 1 saturated heterocycles.